The monoisotopic (exact) mass is 200 g/mol. The second kappa shape index (κ2) is 6.78. The topological polar surface area (TPSA) is 37.3 Å². The molecule has 0 heterocycles. The summed E-state index contributed by atoms with van der Waals surface area (Å²) in [6.07, 6.45) is 5.12. The molecule has 0 amide bonds. The fourth-order valence-corrected chi connectivity index (χ4v) is 1.21. The molecule has 0 unspecified atom stereocenters. The lowest BCUT2D eigenvalue weighted by Gasteiger charge is -2.02. The van der Waals surface area contributed by atoms with E-state index in [2.05, 4.69) is 13.5 Å². The summed E-state index contributed by atoms with van der Waals surface area (Å²) in [5.74, 6) is -1.000. The van der Waals surface area contributed by atoms with Crippen LogP contribution < -0.4 is 0 Å². The molecule has 0 saturated heterocycles. The van der Waals surface area contributed by atoms with Gasteiger partial charge >= 0.3 is 5.97 Å². The Hall–Kier alpha value is -0.700. The van der Waals surface area contributed by atoms with Crippen molar-refractivity contribution in [2.75, 3.05) is 0 Å². The largest absolute Gasteiger partial charge is 0.478 e. The van der Waals surface area contributed by atoms with E-state index in [9.17, 15) is 4.79 Å². The highest BCUT2D eigenvalue weighted by Crippen LogP contribution is 2.08. The number of carboxylic acids is 1. The molecule has 74 valence electrons. The number of thiocarbonyl (C=S) groups is 1. The smallest absolute Gasteiger partial charge is 0.336 e. The normalized spacial score (nSPS) is 9.62. The molecule has 0 rings (SSSR count). The summed E-state index contributed by atoms with van der Waals surface area (Å²) >= 11 is 4.92. The second-order valence-corrected chi connectivity index (χ2v) is 3.51. The van der Waals surface area contributed by atoms with Gasteiger partial charge in [0.1, 0.15) is 0 Å². The molecule has 0 aliphatic rings. The minimum absolute atomic E-state index is 0.0755. The molecule has 0 spiro atoms. The van der Waals surface area contributed by atoms with Crippen molar-refractivity contribution in [2.24, 2.45) is 0 Å². The van der Waals surface area contributed by atoms with Crippen LogP contribution >= 0.6 is 12.2 Å². The van der Waals surface area contributed by atoms with E-state index >= 15 is 0 Å². The molecule has 0 aromatic heterocycles. The molecule has 0 aromatic carbocycles. The van der Waals surface area contributed by atoms with Crippen LogP contribution in [0.1, 0.15) is 39.0 Å². The maximum atomic E-state index is 10.4. The molecule has 0 saturated carbocycles. The summed E-state index contributed by atoms with van der Waals surface area (Å²) in [5, 5.41) is 8.57. The Morgan fingerprint density at radius 2 is 2.00 bits per heavy atom. The zero-order valence-corrected chi connectivity index (χ0v) is 8.82. The first-order chi connectivity index (χ1) is 6.09. The maximum Gasteiger partial charge on any atom is 0.336 e. The summed E-state index contributed by atoms with van der Waals surface area (Å²) < 4.78 is 0. The van der Waals surface area contributed by atoms with Crippen LogP contribution in [-0.4, -0.2) is 15.9 Å². The zero-order valence-electron chi connectivity index (χ0n) is 8.01. The molecular weight excluding hydrogens is 184 g/mol. The van der Waals surface area contributed by atoms with Crippen molar-refractivity contribution in [3.8, 4) is 0 Å². The maximum absolute atomic E-state index is 10.4. The van der Waals surface area contributed by atoms with E-state index in [0.29, 0.717) is 11.3 Å². The van der Waals surface area contributed by atoms with Crippen LogP contribution in [0.5, 0.6) is 0 Å². The summed E-state index contributed by atoms with van der Waals surface area (Å²) in [5.41, 5.74) is 0.0755. The van der Waals surface area contributed by atoms with Crippen molar-refractivity contribution in [2.45, 2.75) is 39.0 Å². The van der Waals surface area contributed by atoms with Gasteiger partial charge in [0.15, 0.2) is 0 Å². The fraction of sp³-hybridized carbons (Fsp3) is 0.600. The molecule has 0 atom stereocenters. The van der Waals surface area contributed by atoms with Gasteiger partial charge in [-0.25, -0.2) is 4.79 Å². The number of rotatable bonds is 7. The van der Waals surface area contributed by atoms with Gasteiger partial charge in [0, 0.05) is 4.86 Å². The van der Waals surface area contributed by atoms with E-state index in [1.165, 1.54) is 12.8 Å². The lowest BCUT2D eigenvalue weighted by molar-refractivity contribution is -0.132. The van der Waals surface area contributed by atoms with Gasteiger partial charge in [-0.2, -0.15) is 0 Å². The van der Waals surface area contributed by atoms with Gasteiger partial charge in [-0.15, -0.1) is 0 Å². The fourth-order valence-electron chi connectivity index (χ4n) is 0.982. The van der Waals surface area contributed by atoms with E-state index < -0.39 is 5.97 Å². The summed E-state index contributed by atoms with van der Waals surface area (Å²) in [6.45, 7) is 5.55. The standard InChI is InChI=1S/C10H16O2S/c1-3-4-5-6-7-9(13)8(2)10(11)12/h2-7H2,1H3,(H,11,12). The molecule has 1 N–H and O–H groups in total. The zero-order chi connectivity index (χ0) is 10.3. The number of unbranched alkanes of at least 4 members (excludes halogenated alkanes) is 3. The highest BCUT2D eigenvalue weighted by Gasteiger charge is 2.08. The Morgan fingerprint density at radius 3 is 2.46 bits per heavy atom. The van der Waals surface area contributed by atoms with Crippen molar-refractivity contribution >= 4 is 23.1 Å². The van der Waals surface area contributed by atoms with Gasteiger partial charge < -0.3 is 5.11 Å². The first-order valence-corrected chi connectivity index (χ1v) is 4.95. The first-order valence-electron chi connectivity index (χ1n) is 4.55. The molecule has 13 heavy (non-hydrogen) atoms. The molecule has 0 radical (unpaired) electrons. The van der Waals surface area contributed by atoms with Gasteiger partial charge in [0.2, 0.25) is 0 Å². The van der Waals surface area contributed by atoms with Gasteiger partial charge in [0.05, 0.1) is 5.57 Å². The Labute approximate surface area is 84.6 Å². The van der Waals surface area contributed by atoms with E-state index in [-0.39, 0.29) is 5.57 Å². The van der Waals surface area contributed by atoms with Crippen LogP contribution in [-0.2, 0) is 4.79 Å². The van der Waals surface area contributed by atoms with Crippen LogP contribution in [0.4, 0.5) is 0 Å². The Kier molecular flexibility index (Phi) is 6.41. The van der Waals surface area contributed by atoms with Crippen LogP contribution in [0, 0.1) is 0 Å². The van der Waals surface area contributed by atoms with Crippen molar-refractivity contribution in [1.29, 1.82) is 0 Å². The molecule has 0 bridgehead atoms. The predicted molar refractivity (Wildman–Crippen MR) is 58.1 cm³/mol. The van der Waals surface area contributed by atoms with Crippen molar-refractivity contribution in [1.82, 2.24) is 0 Å². The van der Waals surface area contributed by atoms with Gasteiger partial charge in [-0.3, -0.25) is 0 Å². The van der Waals surface area contributed by atoms with Crippen LogP contribution in [0.15, 0.2) is 12.2 Å². The van der Waals surface area contributed by atoms with Crippen LogP contribution in [0.25, 0.3) is 0 Å². The van der Waals surface area contributed by atoms with Crippen LogP contribution in [0.2, 0.25) is 0 Å². The predicted octanol–water partition coefficient (Wildman–Crippen LogP) is 2.97. The third-order valence-electron chi connectivity index (χ3n) is 1.85. The van der Waals surface area contributed by atoms with E-state index in [1.807, 2.05) is 0 Å². The Morgan fingerprint density at radius 1 is 1.38 bits per heavy atom. The second-order valence-electron chi connectivity index (χ2n) is 3.02. The van der Waals surface area contributed by atoms with Crippen molar-refractivity contribution in [3.63, 3.8) is 0 Å². The molecule has 0 aromatic rings. The molecular formula is C10H16O2S. The summed E-state index contributed by atoms with van der Waals surface area (Å²) in [4.78, 5) is 10.9. The minimum Gasteiger partial charge on any atom is -0.478 e. The van der Waals surface area contributed by atoms with Gasteiger partial charge in [-0.05, 0) is 12.8 Å². The molecule has 2 nitrogen and oxygen atoms in total. The first kappa shape index (κ1) is 12.3. The highest BCUT2D eigenvalue weighted by atomic mass is 32.1. The van der Waals surface area contributed by atoms with Crippen molar-refractivity contribution in [3.05, 3.63) is 12.2 Å². The minimum atomic E-state index is -1.000. The number of aliphatic carboxylic acids is 1. The SMILES string of the molecule is C=C(C(=O)O)C(=S)CCCCCC. The average molecular weight is 200 g/mol. The number of hydrogen-bond donors (Lipinski definition) is 1. The molecule has 3 heteroatoms. The highest BCUT2D eigenvalue weighted by molar-refractivity contribution is 7.81. The molecule has 0 aliphatic carbocycles. The Bertz CT molecular complexity index is 209. The number of carbonyl (C=O) groups is 1. The van der Waals surface area contributed by atoms with Gasteiger partial charge in [0.25, 0.3) is 0 Å². The van der Waals surface area contributed by atoms with E-state index in [0.717, 1.165) is 12.8 Å². The van der Waals surface area contributed by atoms with Crippen molar-refractivity contribution < 1.29 is 9.90 Å². The number of hydrogen-bond acceptors (Lipinski definition) is 2. The van der Waals surface area contributed by atoms with Crippen LogP contribution in [0.3, 0.4) is 0 Å². The molecule has 0 aliphatic heterocycles. The van der Waals surface area contributed by atoms with E-state index in [4.69, 9.17) is 17.3 Å². The average Bonchev–Trinajstić information content (AvgIpc) is 2.10. The number of carboxylic acid groups (broad SMARTS) is 1. The van der Waals surface area contributed by atoms with Gasteiger partial charge in [-0.1, -0.05) is 45.0 Å². The lowest BCUT2D eigenvalue weighted by atomic mass is 10.1. The molecule has 0 fully saturated rings. The summed E-state index contributed by atoms with van der Waals surface area (Å²) in [6, 6.07) is 0. The van der Waals surface area contributed by atoms with E-state index in [1.54, 1.807) is 0 Å². The Balaban J connectivity index is 3.63. The lowest BCUT2D eigenvalue weighted by Crippen LogP contribution is -2.08. The third-order valence-corrected chi connectivity index (χ3v) is 2.30. The third kappa shape index (κ3) is 5.53. The quantitative estimate of drug-likeness (QED) is 0.390. The summed E-state index contributed by atoms with van der Waals surface area (Å²) in [7, 11) is 0.